The van der Waals surface area contributed by atoms with Gasteiger partial charge in [-0.15, -0.1) is 0 Å². The Kier molecular flexibility index (Phi) is 1.42. The molecule has 2 bridgehead atoms. The predicted molar refractivity (Wildman–Crippen MR) is 48.4 cm³/mol. The van der Waals surface area contributed by atoms with Crippen molar-refractivity contribution in [2.45, 2.75) is 40.0 Å². The van der Waals surface area contributed by atoms with Crippen LogP contribution in [-0.2, 0) is 0 Å². The van der Waals surface area contributed by atoms with Gasteiger partial charge in [0.15, 0.2) is 0 Å². The third-order valence-corrected chi connectivity index (χ3v) is 4.07. The second kappa shape index (κ2) is 2.12. The second-order valence-electron chi connectivity index (χ2n) is 4.71. The minimum absolute atomic E-state index is 0.639. The molecule has 0 N–H and O–H groups in total. The molecular weight excluding hydrogens is 132 g/mol. The lowest BCUT2D eigenvalue weighted by molar-refractivity contribution is -0.0278. The Bertz CT molecular complexity index is 196. The molecule has 0 unspecified atom stereocenters. The van der Waals surface area contributed by atoms with Crippen LogP contribution in [0.4, 0.5) is 0 Å². The van der Waals surface area contributed by atoms with Crippen molar-refractivity contribution in [2.24, 2.45) is 17.3 Å². The van der Waals surface area contributed by atoms with E-state index in [1.165, 1.54) is 19.3 Å². The zero-order valence-electron chi connectivity index (χ0n) is 7.85. The Morgan fingerprint density at radius 3 is 2.55 bits per heavy atom. The van der Waals surface area contributed by atoms with Crippen LogP contribution in [-0.4, -0.2) is 0 Å². The largest absolute Gasteiger partial charge is 0.0882 e. The third-order valence-electron chi connectivity index (χ3n) is 4.07. The Labute approximate surface area is 69.7 Å². The van der Waals surface area contributed by atoms with Crippen LogP contribution in [0, 0.1) is 17.3 Å². The minimum atomic E-state index is 0.639. The number of allylic oxidation sites excluding steroid dienone is 2. The molecule has 11 heavy (non-hydrogen) atoms. The molecule has 0 heterocycles. The van der Waals surface area contributed by atoms with Gasteiger partial charge in [-0.05, 0) is 43.4 Å². The van der Waals surface area contributed by atoms with E-state index >= 15 is 0 Å². The van der Waals surface area contributed by atoms with Crippen molar-refractivity contribution < 1.29 is 0 Å². The van der Waals surface area contributed by atoms with Crippen LogP contribution in [0.25, 0.3) is 0 Å². The molecule has 3 saturated carbocycles. The van der Waals surface area contributed by atoms with Crippen molar-refractivity contribution in [3.8, 4) is 0 Å². The number of rotatable bonds is 0. The minimum Gasteiger partial charge on any atom is -0.0882 e. The van der Waals surface area contributed by atoms with E-state index < -0.39 is 0 Å². The maximum Gasteiger partial charge on any atom is -0.0146 e. The van der Waals surface area contributed by atoms with E-state index in [9.17, 15) is 0 Å². The van der Waals surface area contributed by atoms with Gasteiger partial charge in [0.1, 0.15) is 0 Å². The summed E-state index contributed by atoms with van der Waals surface area (Å²) in [6, 6.07) is 0. The van der Waals surface area contributed by atoms with Gasteiger partial charge in [0, 0.05) is 0 Å². The Morgan fingerprint density at radius 1 is 1.45 bits per heavy atom. The summed E-state index contributed by atoms with van der Waals surface area (Å²) in [7, 11) is 0. The van der Waals surface area contributed by atoms with Gasteiger partial charge in [-0.25, -0.2) is 0 Å². The van der Waals surface area contributed by atoms with E-state index in [4.69, 9.17) is 0 Å². The average molecular weight is 150 g/mol. The van der Waals surface area contributed by atoms with E-state index in [1.54, 1.807) is 5.57 Å². The Hall–Kier alpha value is -0.260. The molecular formula is C11H18. The standard InChI is InChI=1S/C11H18/c1-4-8-5-6-9-7-10(8)11(9,2)3/h4,9-10H,5-7H2,1-3H3/t9-,10-/m0/s1. The van der Waals surface area contributed by atoms with Crippen LogP contribution < -0.4 is 0 Å². The predicted octanol–water partition coefficient (Wildman–Crippen LogP) is 3.39. The van der Waals surface area contributed by atoms with Gasteiger partial charge in [0.2, 0.25) is 0 Å². The van der Waals surface area contributed by atoms with Crippen LogP contribution in [0.15, 0.2) is 11.6 Å². The molecule has 0 saturated heterocycles. The van der Waals surface area contributed by atoms with Gasteiger partial charge in [-0.2, -0.15) is 0 Å². The summed E-state index contributed by atoms with van der Waals surface area (Å²) in [5.74, 6) is 1.97. The molecule has 0 aliphatic heterocycles. The monoisotopic (exact) mass is 150 g/mol. The summed E-state index contributed by atoms with van der Waals surface area (Å²) in [5.41, 5.74) is 2.37. The topological polar surface area (TPSA) is 0 Å². The molecule has 0 heteroatoms. The second-order valence-corrected chi connectivity index (χ2v) is 4.71. The SMILES string of the molecule is CC=C1CC[C@H]2C[C@@H]1C2(C)C. The normalized spacial score (nSPS) is 43.7. The molecule has 3 aliphatic carbocycles. The van der Waals surface area contributed by atoms with Crippen molar-refractivity contribution in [2.75, 3.05) is 0 Å². The van der Waals surface area contributed by atoms with E-state index in [0.717, 1.165) is 11.8 Å². The summed E-state index contributed by atoms with van der Waals surface area (Å²) < 4.78 is 0. The molecule has 62 valence electrons. The molecule has 3 fully saturated rings. The molecule has 3 rings (SSSR count). The highest BCUT2D eigenvalue weighted by molar-refractivity contribution is 5.20. The van der Waals surface area contributed by atoms with Crippen molar-refractivity contribution in [1.82, 2.24) is 0 Å². The van der Waals surface area contributed by atoms with Gasteiger partial charge >= 0.3 is 0 Å². The van der Waals surface area contributed by atoms with Crippen LogP contribution in [0.3, 0.4) is 0 Å². The fraction of sp³-hybridized carbons (Fsp3) is 0.818. The van der Waals surface area contributed by atoms with E-state index in [2.05, 4.69) is 26.8 Å². The van der Waals surface area contributed by atoms with Gasteiger partial charge in [0.25, 0.3) is 0 Å². The van der Waals surface area contributed by atoms with E-state index in [0.29, 0.717) is 5.41 Å². The lowest BCUT2D eigenvalue weighted by Crippen LogP contribution is -2.49. The first-order valence-corrected chi connectivity index (χ1v) is 4.81. The number of hydrogen-bond acceptors (Lipinski definition) is 0. The van der Waals surface area contributed by atoms with Crippen LogP contribution >= 0.6 is 0 Å². The van der Waals surface area contributed by atoms with Crippen molar-refractivity contribution in [3.05, 3.63) is 11.6 Å². The highest BCUT2D eigenvalue weighted by Gasteiger charge is 2.51. The summed E-state index contributed by atoms with van der Waals surface area (Å²) in [6.07, 6.45) is 6.66. The first kappa shape index (κ1) is 7.39. The van der Waals surface area contributed by atoms with Crippen molar-refractivity contribution >= 4 is 0 Å². The van der Waals surface area contributed by atoms with Gasteiger partial charge < -0.3 is 0 Å². The maximum absolute atomic E-state index is 2.44. The molecule has 3 aliphatic rings. The molecule has 0 spiro atoms. The number of hydrogen-bond donors (Lipinski definition) is 0. The Morgan fingerprint density at radius 2 is 2.18 bits per heavy atom. The maximum atomic E-state index is 2.44. The first-order valence-electron chi connectivity index (χ1n) is 4.81. The summed E-state index contributed by atoms with van der Waals surface area (Å²) in [6.45, 7) is 7.08. The van der Waals surface area contributed by atoms with Gasteiger partial charge in [0.05, 0.1) is 0 Å². The van der Waals surface area contributed by atoms with E-state index in [1.807, 2.05) is 0 Å². The van der Waals surface area contributed by atoms with Crippen LogP contribution in [0.1, 0.15) is 40.0 Å². The van der Waals surface area contributed by atoms with Crippen molar-refractivity contribution in [1.29, 1.82) is 0 Å². The highest BCUT2D eigenvalue weighted by Crippen LogP contribution is 2.60. The number of fused-ring (bicyclic) bond motifs is 2. The van der Waals surface area contributed by atoms with Gasteiger partial charge in [-0.1, -0.05) is 25.5 Å². The fourth-order valence-electron chi connectivity index (χ4n) is 3.00. The third kappa shape index (κ3) is 0.816. The van der Waals surface area contributed by atoms with Crippen LogP contribution in [0.5, 0.6) is 0 Å². The summed E-state index contributed by atoms with van der Waals surface area (Å²) >= 11 is 0. The average Bonchev–Trinajstić information content (AvgIpc) is 2.04. The lowest BCUT2D eigenvalue weighted by atomic mass is 9.47. The van der Waals surface area contributed by atoms with Crippen LogP contribution in [0.2, 0.25) is 0 Å². The fourth-order valence-corrected chi connectivity index (χ4v) is 3.00. The zero-order chi connectivity index (χ0) is 8.06. The molecule has 2 atom stereocenters. The quantitative estimate of drug-likeness (QED) is 0.464. The summed E-state index contributed by atoms with van der Waals surface area (Å²) in [5, 5.41) is 0. The molecule has 0 aromatic rings. The molecule has 0 nitrogen and oxygen atoms in total. The first-order chi connectivity index (χ1) is 5.16. The molecule has 0 amide bonds. The van der Waals surface area contributed by atoms with Gasteiger partial charge in [-0.3, -0.25) is 0 Å². The zero-order valence-corrected chi connectivity index (χ0v) is 7.85. The lowest BCUT2D eigenvalue weighted by Gasteiger charge is -2.57. The van der Waals surface area contributed by atoms with Crippen molar-refractivity contribution in [3.63, 3.8) is 0 Å². The highest BCUT2D eigenvalue weighted by atomic mass is 14.6. The molecule has 0 aromatic carbocycles. The summed E-state index contributed by atoms with van der Waals surface area (Å²) in [4.78, 5) is 0. The Balaban J connectivity index is 2.23. The smallest absolute Gasteiger partial charge is 0.0146 e. The van der Waals surface area contributed by atoms with E-state index in [-0.39, 0.29) is 0 Å². The molecule has 0 aromatic heterocycles. The molecule has 0 radical (unpaired) electrons.